The lowest BCUT2D eigenvalue weighted by molar-refractivity contribution is -0.131. The van der Waals surface area contributed by atoms with Crippen LogP contribution in [0.2, 0.25) is 0 Å². The molecule has 0 unspecified atom stereocenters. The van der Waals surface area contributed by atoms with Crippen molar-refractivity contribution in [3.63, 3.8) is 0 Å². The smallest absolute Gasteiger partial charge is 0.289 e. The van der Waals surface area contributed by atoms with Crippen LogP contribution in [0.1, 0.15) is 40.3 Å². The first-order valence-corrected chi connectivity index (χ1v) is 9.81. The number of aryl methyl sites for hydroxylation is 2. The van der Waals surface area contributed by atoms with Crippen molar-refractivity contribution < 1.29 is 14.0 Å². The number of hydrogen-bond acceptors (Lipinski definition) is 6. The van der Waals surface area contributed by atoms with Gasteiger partial charge in [0.15, 0.2) is 5.76 Å². The van der Waals surface area contributed by atoms with Crippen LogP contribution in [0, 0.1) is 13.8 Å². The number of carbonyl (C=O) groups excluding carboxylic acids is 2. The van der Waals surface area contributed by atoms with E-state index < -0.39 is 0 Å². The summed E-state index contributed by atoms with van der Waals surface area (Å²) in [7, 11) is 0. The van der Waals surface area contributed by atoms with Gasteiger partial charge < -0.3 is 14.2 Å². The monoisotopic (exact) mass is 396 g/mol. The molecule has 0 spiro atoms. The lowest BCUT2D eigenvalue weighted by atomic mass is 10.1. The molecule has 1 aliphatic rings. The molecule has 0 bridgehead atoms. The van der Waals surface area contributed by atoms with Gasteiger partial charge in [-0.25, -0.2) is 9.50 Å². The third kappa shape index (κ3) is 3.85. The Hall–Kier alpha value is -3.23. The summed E-state index contributed by atoms with van der Waals surface area (Å²) in [5.41, 5.74) is 2.87. The first kappa shape index (κ1) is 19.1. The molecule has 9 nitrogen and oxygen atoms in total. The van der Waals surface area contributed by atoms with Crippen molar-refractivity contribution in [2.24, 2.45) is 0 Å². The molecule has 29 heavy (non-hydrogen) atoms. The fraction of sp³-hybridized carbons (Fsp3) is 0.450. The molecule has 1 saturated heterocycles. The Morgan fingerprint density at radius 1 is 1.14 bits per heavy atom. The summed E-state index contributed by atoms with van der Waals surface area (Å²) in [5.74, 6) is 0.883. The van der Waals surface area contributed by atoms with Crippen LogP contribution in [-0.2, 0) is 11.2 Å². The van der Waals surface area contributed by atoms with Gasteiger partial charge >= 0.3 is 0 Å². The minimum absolute atomic E-state index is 0.0924. The van der Waals surface area contributed by atoms with Gasteiger partial charge in [-0.05, 0) is 44.4 Å². The van der Waals surface area contributed by atoms with Crippen molar-refractivity contribution in [2.75, 3.05) is 26.2 Å². The van der Waals surface area contributed by atoms with Crippen LogP contribution in [-0.4, -0.2) is 67.4 Å². The van der Waals surface area contributed by atoms with Crippen molar-refractivity contribution in [3.8, 4) is 0 Å². The van der Waals surface area contributed by atoms with Crippen molar-refractivity contribution >= 4 is 17.6 Å². The first-order valence-electron chi connectivity index (χ1n) is 9.81. The van der Waals surface area contributed by atoms with Gasteiger partial charge in [0.1, 0.15) is 6.33 Å². The Labute approximate surface area is 168 Å². The predicted octanol–water partition coefficient (Wildman–Crippen LogP) is 1.64. The first-order chi connectivity index (χ1) is 14.0. The summed E-state index contributed by atoms with van der Waals surface area (Å²) < 4.78 is 6.91. The zero-order chi connectivity index (χ0) is 20.4. The number of rotatable bonds is 4. The van der Waals surface area contributed by atoms with Crippen LogP contribution in [0.4, 0.5) is 0 Å². The summed E-state index contributed by atoms with van der Waals surface area (Å²) in [6, 6.07) is 3.37. The van der Waals surface area contributed by atoms with Crippen LogP contribution in [0.15, 0.2) is 29.1 Å². The second kappa shape index (κ2) is 8.02. The highest BCUT2D eigenvalue weighted by molar-refractivity contribution is 5.91. The number of nitrogens with zero attached hydrogens (tertiary/aromatic N) is 6. The largest absolute Gasteiger partial charge is 0.459 e. The zero-order valence-corrected chi connectivity index (χ0v) is 16.7. The predicted molar refractivity (Wildman–Crippen MR) is 104 cm³/mol. The maximum atomic E-state index is 12.8. The summed E-state index contributed by atoms with van der Waals surface area (Å²) in [5, 5.41) is 4.20. The molecule has 4 rings (SSSR count). The van der Waals surface area contributed by atoms with E-state index in [0.717, 1.165) is 23.4 Å². The minimum Gasteiger partial charge on any atom is -0.459 e. The van der Waals surface area contributed by atoms with Gasteiger partial charge in [-0.3, -0.25) is 9.59 Å². The third-order valence-corrected chi connectivity index (χ3v) is 5.45. The van der Waals surface area contributed by atoms with Gasteiger partial charge in [-0.15, -0.1) is 0 Å². The maximum Gasteiger partial charge on any atom is 0.289 e. The highest BCUT2D eigenvalue weighted by atomic mass is 16.3. The fourth-order valence-electron chi connectivity index (χ4n) is 3.83. The molecule has 3 aromatic heterocycles. The number of carbonyl (C=O) groups is 2. The van der Waals surface area contributed by atoms with E-state index in [-0.39, 0.29) is 11.8 Å². The van der Waals surface area contributed by atoms with Gasteiger partial charge in [-0.1, -0.05) is 0 Å². The lowest BCUT2D eigenvalue weighted by Gasteiger charge is -2.22. The maximum absolute atomic E-state index is 12.8. The second-order valence-electron chi connectivity index (χ2n) is 7.24. The molecule has 9 heteroatoms. The van der Waals surface area contributed by atoms with E-state index in [4.69, 9.17) is 4.42 Å². The van der Waals surface area contributed by atoms with E-state index in [0.29, 0.717) is 50.6 Å². The topological polar surface area (TPSA) is 96.8 Å². The lowest BCUT2D eigenvalue weighted by Crippen LogP contribution is -2.37. The van der Waals surface area contributed by atoms with E-state index in [1.165, 1.54) is 12.6 Å². The Morgan fingerprint density at radius 2 is 1.93 bits per heavy atom. The number of furan rings is 1. The highest BCUT2D eigenvalue weighted by Gasteiger charge is 2.24. The van der Waals surface area contributed by atoms with Crippen LogP contribution in [0.3, 0.4) is 0 Å². The van der Waals surface area contributed by atoms with E-state index in [1.807, 2.05) is 18.7 Å². The van der Waals surface area contributed by atoms with Gasteiger partial charge in [-0.2, -0.15) is 10.1 Å². The van der Waals surface area contributed by atoms with E-state index in [2.05, 4.69) is 15.1 Å². The average Bonchev–Trinajstić information content (AvgIpc) is 3.34. The summed E-state index contributed by atoms with van der Waals surface area (Å²) in [4.78, 5) is 37.5. The standard InChI is InChI=1S/C20H24N6O3/c1-14-16(15(2)26-20(23-14)21-13-22-26)6-7-18(27)24-8-4-9-25(11-10-24)19(28)17-5-3-12-29-17/h3,5,12-13H,4,6-11H2,1-2H3. The summed E-state index contributed by atoms with van der Waals surface area (Å²) in [6.45, 7) is 6.22. The number of fused-ring (bicyclic) bond motifs is 1. The molecule has 152 valence electrons. The van der Waals surface area contributed by atoms with Crippen molar-refractivity contribution in [3.05, 3.63) is 47.4 Å². The molecule has 2 amide bonds. The molecular formula is C20H24N6O3. The normalized spacial score (nSPS) is 15.0. The van der Waals surface area contributed by atoms with Gasteiger partial charge in [0.25, 0.3) is 11.7 Å². The van der Waals surface area contributed by atoms with Gasteiger partial charge in [0.05, 0.1) is 6.26 Å². The number of amides is 2. The molecule has 3 aromatic rings. The summed E-state index contributed by atoms with van der Waals surface area (Å²) >= 11 is 0. The van der Waals surface area contributed by atoms with E-state index in [1.54, 1.807) is 21.5 Å². The van der Waals surface area contributed by atoms with Crippen molar-refractivity contribution in [2.45, 2.75) is 33.1 Å². The van der Waals surface area contributed by atoms with Gasteiger partial charge in [0, 0.05) is 44.0 Å². The molecule has 0 saturated carbocycles. The molecule has 4 heterocycles. The highest BCUT2D eigenvalue weighted by Crippen LogP contribution is 2.16. The molecule has 0 aliphatic carbocycles. The second-order valence-corrected chi connectivity index (χ2v) is 7.24. The fourth-order valence-corrected chi connectivity index (χ4v) is 3.83. The Bertz CT molecular complexity index is 1030. The van der Waals surface area contributed by atoms with Crippen LogP contribution >= 0.6 is 0 Å². The Kier molecular flexibility index (Phi) is 5.28. The van der Waals surface area contributed by atoms with Gasteiger partial charge in [0.2, 0.25) is 5.91 Å². The Balaban J connectivity index is 1.37. The van der Waals surface area contributed by atoms with E-state index in [9.17, 15) is 9.59 Å². The van der Waals surface area contributed by atoms with Crippen LogP contribution in [0.25, 0.3) is 5.78 Å². The molecule has 1 aliphatic heterocycles. The van der Waals surface area contributed by atoms with Crippen LogP contribution < -0.4 is 0 Å². The molecule has 0 aromatic carbocycles. The molecule has 0 N–H and O–H groups in total. The third-order valence-electron chi connectivity index (χ3n) is 5.45. The Morgan fingerprint density at radius 3 is 2.72 bits per heavy atom. The molecular weight excluding hydrogens is 372 g/mol. The number of hydrogen-bond donors (Lipinski definition) is 0. The number of aromatic nitrogens is 4. The molecule has 1 fully saturated rings. The zero-order valence-electron chi connectivity index (χ0n) is 16.7. The molecule has 0 atom stereocenters. The summed E-state index contributed by atoms with van der Waals surface area (Å²) in [6.07, 6.45) is 4.73. The molecule has 0 radical (unpaired) electrons. The quantitative estimate of drug-likeness (QED) is 0.665. The minimum atomic E-state index is -0.122. The van der Waals surface area contributed by atoms with Crippen molar-refractivity contribution in [1.29, 1.82) is 0 Å². The van der Waals surface area contributed by atoms with Crippen LogP contribution in [0.5, 0.6) is 0 Å². The average molecular weight is 396 g/mol. The van der Waals surface area contributed by atoms with Crippen molar-refractivity contribution in [1.82, 2.24) is 29.4 Å². The van der Waals surface area contributed by atoms with E-state index >= 15 is 0 Å². The SMILES string of the molecule is Cc1nc2ncnn2c(C)c1CCC(=O)N1CCCN(C(=O)c2ccco2)CC1.